The van der Waals surface area contributed by atoms with Gasteiger partial charge in [0.25, 0.3) is 0 Å². The summed E-state index contributed by atoms with van der Waals surface area (Å²) >= 11 is 0. The largest absolute Gasteiger partial charge is 0.325 e. The van der Waals surface area contributed by atoms with Gasteiger partial charge in [-0.25, -0.2) is 0 Å². The van der Waals surface area contributed by atoms with Gasteiger partial charge < -0.3 is 5.73 Å². The van der Waals surface area contributed by atoms with Crippen LogP contribution in [0.15, 0.2) is 30.3 Å². The van der Waals surface area contributed by atoms with Crippen molar-refractivity contribution in [1.29, 1.82) is 0 Å². The van der Waals surface area contributed by atoms with Crippen LogP contribution in [0.2, 0.25) is 0 Å². The monoisotopic (exact) mass is 239 g/mol. The Hall–Kier alpha value is -0.530. The molecule has 1 nitrogen and oxygen atoms in total. The Balaban J connectivity index is 0.00000128. The Labute approximate surface area is 105 Å². The van der Waals surface area contributed by atoms with Crippen molar-refractivity contribution >= 4 is 12.4 Å². The van der Waals surface area contributed by atoms with Crippen molar-refractivity contribution in [3.8, 4) is 0 Å². The van der Waals surface area contributed by atoms with Crippen molar-refractivity contribution in [3.63, 3.8) is 0 Å². The van der Waals surface area contributed by atoms with E-state index >= 15 is 0 Å². The summed E-state index contributed by atoms with van der Waals surface area (Å²) in [6.07, 6.45) is 6.33. The molecule has 0 amide bonds. The van der Waals surface area contributed by atoms with Crippen LogP contribution < -0.4 is 5.73 Å². The highest BCUT2D eigenvalue weighted by Crippen LogP contribution is 2.37. The molecule has 0 aliphatic heterocycles. The standard InChI is InChI=1S/C14H21N.ClH/c1-12(13-8-4-2-5-9-13)14(15)10-6-3-7-11-14;/h2,4-5,8-9,12H,3,6-7,10-11,15H2,1H3;1H/t12-;/m1./s1. The molecule has 1 fully saturated rings. The second-order valence-electron chi connectivity index (χ2n) is 4.93. The van der Waals surface area contributed by atoms with Crippen LogP contribution in [0.4, 0.5) is 0 Å². The molecule has 1 aliphatic rings. The Morgan fingerprint density at radius 1 is 1.06 bits per heavy atom. The van der Waals surface area contributed by atoms with E-state index < -0.39 is 0 Å². The Morgan fingerprint density at radius 2 is 1.62 bits per heavy atom. The fourth-order valence-corrected chi connectivity index (χ4v) is 2.72. The summed E-state index contributed by atoms with van der Waals surface area (Å²) in [6, 6.07) is 10.7. The average molecular weight is 240 g/mol. The predicted octanol–water partition coefficient (Wildman–Crippen LogP) is 3.87. The van der Waals surface area contributed by atoms with E-state index in [9.17, 15) is 0 Å². The van der Waals surface area contributed by atoms with Crippen LogP contribution in [0.1, 0.15) is 50.5 Å². The molecule has 1 saturated carbocycles. The van der Waals surface area contributed by atoms with Crippen LogP contribution >= 0.6 is 12.4 Å². The summed E-state index contributed by atoms with van der Waals surface area (Å²) in [6.45, 7) is 2.28. The van der Waals surface area contributed by atoms with Gasteiger partial charge in [0, 0.05) is 5.54 Å². The van der Waals surface area contributed by atoms with E-state index in [-0.39, 0.29) is 17.9 Å². The van der Waals surface area contributed by atoms with Crippen molar-refractivity contribution in [2.45, 2.75) is 50.5 Å². The van der Waals surface area contributed by atoms with Crippen molar-refractivity contribution in [2.24, 2.45) is 5.73 Å². The Bertz CT molecular complexity index is 304. The zero-order valence-electron chi connectivity index (χ0n) is 9.99. The topological polar surface area (TPSA) is 26.0 Å². The summed E-state index contributed by atoms with van der Waals surface area (Å²) in [5.41, 5.74) is 7.97. The first-order chi connectivity index (χ1) is 7.22. The first kappa shape index (κ1) is 13.5. The van der Waals surface area contributed by atoms with Gasteiger partial charge in [-0.3, -0.25) is 0 Å². The minimum Gasteiger partial charge on any atom is -0.325 e. The van der Waals surface area contributed by atoms with Gasteiger partial charge in [-0.1, -0.05) is 56.5 Å². The molecule has 0 bridgehead atoms. The second kappa shape index (κ2) is 5.70. The van der Waals surface area contributed by atoms with Crippen LogP contribution in [0.3, 0.4) is 0 Å². The third-order valence-electron chi connectivity index (χ3n) is 3.95. The SMILES string of the molecule is C[C@H](c1ccccc1)C1(N)CCCCC1.Cl. The summed E-state index contributed by atoms with van der Waals surface area (Å²) in [5, 5.41) is 0. The number of benzene rings is 1. The molecule has 90 valence electrons. The number of halogens is 1. The molecule has 0 spiro atoms. The van der Waals surface area contributed by atoms with Crippen molar-refractivity contribution in [2.75, 3.05) is 0 Å². The summed E-state index contributed by atoms with van der Waals surface area (Å²) in [4.78, 5) is 0. The van der Waals surface area contributed by atoms with Crippen LogP contribution in [0.25, 0.3) is 0 Å². The van der Waals surface area contributed by atoms with Gasteiger partial charge in [-0.05, 0) is 24.3 Å². The lowest BCUT2D eigenvalue weighted by Crippen LogP contribution is -2.46. The summed E-state index contributed by atoms with van der Waals surface area (Å²) in [7, 11) is 0. The van der Waals surface area contributed by atoms with E-state index in [2.05, 4.69) is 37.3 Å². The smallest absolute Gasteiger partial charge is 0.0221 e. The van der Waals surface area contributed by atoms with Gasteiger partial charge in [-0.2, -0.15) is 0 Å². The number of rotatable bonds is 2. The molecule has 1 atom stereocenters. The minimum absolute atomic E-state index is 0. The highest BCUT2D eigenvalue weighted by molar-refractivity contribution is 5.85. The van der Waals surface area contributed by atoms with Gasteiger partial charge in [0.05, 0.1) is 0 Å². The molecule has 1 aromatic rings. The molecular formula is C14H22ClN. The Kier molecular flexibility index (Phi) is 4.82. The van der Waals surface area contributed by atoms with E-state index in [4.69, 9.17) is 5.73 Å². The average Bonchev–Trinajstić information content (AvgIpc) is 2.30. The molecular weight excluding hydrogens is 218 g/mol. The predicted molar refractivity (Wildman–Crippen MR) is 72.1 cm³/mol. The summed E-state index contributed by atoms with van der Waals surface area (Å²) < 4.78 is 0. The quantitative estimate of drug-likeness (QED) is 0.833. The van der Waals surface area contributed by atoms with Crippen molar-refractivity contribution < 1.29 is 0 Å². The highest BCUT2D eigenvalue weighted by Gasteiger charge is 2.33. The highest BCUT2D eigenvalue weighted by atomic mass is 35.5. The van der Waals surface area contributed by atoms with Gasteiger partial charge in [-0.15, -0.1) is 12.4 Å². The van der Waals surface area contributed by atoms with Crippen LogP contribution in [-0.2, 0) is 0 Å². The molecule has 2 heteroatoms. The number of hydrogen-bond donors (Lipinski definition) is 1. The molecule has 0 saturated heterocycles. The third kappa shape index (κ3) is 2.78. The zero-order chi connectivity index (χ0) is 10.7. The van der Waals surface area contributed by atoms with E-state index in [0.717, 1.165) is 0 Å². The fraction of sp³-hybridized carbons (Fsp3) is 0.571. The first-order valence-corrected chi connectivity index (χ1v) is 6.06. The number of nitrogens with two attached hydrogens (primary N) is 1. The lowest BCUT2D eigenvalue weighted by molar-refractivity contribution is 0.256. The maximum absolute atomic E-state index is 6.53. The van der Waals surface area contributed by atoms with E-state index in [0.29, 0.717) is 5.92 Å². The molecule has 2 N–H and O–H groups in total. The van der Waals surface area contributed by atoms with E-state index in [1.54, 1.807) is 0 Å². The summed E-state index contributed by atoms with van der Waals surface area (Å²) in [5.74, 6) is 0.485. The molecule has 2 rings (SSSR count). The minimum atomic E-state index is 0. The van der Waals surface area contributed by atoms with E-state index in [1.165, 1.54) is 37.7 Å². The third-order valence-corrected chi connectivity index (χ3v) is 3.95. The van der Waals surface area contributed by atoms with Crippen LogP contribution in [0, 0.1) is 0 Å². The van der Waals surface area contributed by atoms with Gasteiger partial charge >= 0.3 is 0 Å². The molecule has 0 radical (unpaired) electrons. The second-order valence-corrected chi connectivity index (χ2v) is 4.93. The molecule has 1 aliphatic carbocycles. The first-order valence-electron chi connectivity index (χ1n) is 6.06. The molecule has 16 heavy (non-hydrogen) atoms. The van der Waals surface area contributed by atoms with Gasteiger partial charge in [0.15, 0.2) is 0 Å². The molecule has 1 aromatic carbocycles. The maximum atomic E-state index is 6.53. The fourth-order valence-electron chi connectivity index (χ4n) is 2.72. The lowest BCUT2D eigenvalue weighted by Gasteiger charge is -2.39. The Morgan fingerprint density at radius 3 is 2.19 bits per heavy atom. The molecule has 0 heterocycles. The van der Waals surface area contributed by atoms with Crippen molar-refractivity contribution in [1.82, 2.24) is 0 Å². The number of hydrogen-bond acceptors (Lipinski definition) is 1. The van der Waals surface area contributed by atoms with Crippen LogP contribution in [-0.4, -0.2) is 5.54 Å². The van der Waals surface area contributed by atoms with Crippen molar-refractivity contribution in [3.05, 3.63) is 35.9 Å². The molecule has 0 aromatic heterocycles. The zero-order valence-corrected chi connectivity index (χ0v) is 10.8. The van der Waals surface area contributed by atoms with Crippen LogP contribution in [0.5, 0.6) is 0 Å². The maximum Gasteiger partial charge on any atom is 0.0221 e. The van der Waals surface area contributed by atoms with Gasteiger partial charge in [0.2, 0.25) is 0 Å². The van der Waals surface area contributed by atoms with E-state index in [1.807, 2.05) is 0 Å². The lowest BCUT2D eigenvalue weighted by atomic mass is 9.72. The normalized spacial score (nSPS) is 20.9. The molecule has 0 unspecified atom stereocenters. The van der Waals surface area contributed by atoms with Gasteiger partial charge in [0.1, 0.15) is 0 Å².